The number of hydrogen-bond donors (Lipinski definition) is 3. The summed E-state index contributed by atoms with van der Waals surface area (Å²) in [5, 5.41) is 16.4. The maximum Gasteiger partial charge on any atom is 0.325 e. The number of phenols is 1. The predicted molar refractivity (Wildman–Crippen MR) is 94.0 cm³/mol. The Hall–Kier alpha value is -3.10. The van der Waals surface area contributed by atoms with Gasteiger partial charge < -0.3 is 15.2 Å². The second-order valence-corrected chi connectivity index (χ2v) is 6.38. The summed E-state index contributed by atoms with van der Waals surface area (Å²) in [5.41, 5.74) is 2.18. The first-order valence-electron chi connectivity index (χ1n) is 8.00. The summed E-state index contributed by atoms with van der Waals surface area (Å²) in [6.45, 7) is 4.77. The number of nitrogens with one attached hydrogen (secondary N) is 2. The monoisotopic (exact) mass is 362 g/mol. The van der Waals surface area contributed by atoms with Crippen LogP contribution in [0.25, 0.3) is 0 Å². The van der Waals surface area contributed by atoms with Gasteiger partial charge in [-0.05, 0) is 39.0 Å². The van der Waals surface area contributed by atoms with Crippen LogP contribution in [0.15, 0.2) is 23.3 Å². The number of hydrogen-bond acceptors (Lipinski definition) is 6. The molecule has 0 atom stereocenters. The van der Waals surface area contributed by atoms with Gasteiger partial charge in [0, 0.05) is 18.5 Å². The van der Waals surface area contributed by atoms with Crippen molar-refractivity contribution in [2.45, 2.75) is 32.7 Å². The van der Waals surface area contributed by atoms with E-state index in [1.165, 1.54) is 13.2 Å². The van der Waals surface area contributed by atoms with Gasteiger partial charge in [-0.25, -0.2) is 10.2 Å². The predicted octanol–water partition coefficient (Wildman–Crippen LogP) is 0.961. The minimum atomic E-state index is -0.966. The number of urea groups is 1. The molecular weight excluding hydrogens is 340 g/mol. The molecule has 0 radical (unpaired) electrons. The molecule has 0 bridgehead atoms. The number of imide groups is 1. The zero-order valence-corrected chi connectivity index (χ0v) is 15.1. The van der Waals surface area contributed by atoms with E-state index in [1.54, 1.807) is 32.9 Å². The van der Waals surface area contributed by atoms with E-state index in [2.05, 4.69) is 15.8 Å². The lowest BCUT2D eigenvalue weighted by molar-refractivity contribution is -0.130. The van der Waals surface area contributed by atoms with E-state index in [9.17, 15) is 19.5 Å². The number of rotatable bonds is 6. The molecule has 140 valence electrons. The lowest BCUT2D eigenvalue weighted by atomic mass is 10.1. The average molecular weight is 362 g/mol. The molecule has 1 aliphatic rings. The lowest BCUT2D eigenvalue weighted by Gasteiger charge is -2.15. The van der Waals surface area contributed by atoms with E-state index < -0.39 is 17.5 Å². The molecule has 3 N–H and O–H groups in total. The Balaban J connectivity index is 1.95. The molecule has 1 saturated heterocycles. The average Bonchev–Trinajstić information content (AvgIpc) is 2.78. The molecule has 4 amide bonds. The smallest absolute Gasteiger partial charge is 0.325 e. The molecule has 2 rings (SSSR count). The van der Waals surface area contributed by atoms with Gasteiger partial charge >= 0.3 is 6.03 Å². The van der Waals surface area contributed by atoms with Crippen LogP contribution in [0.1, 0.15) is 32.8 Å². The number of hydrazone groups is 1. The number of methoxy groups -OCH3 is 1. The maximum absolute atomic E-state index is 12.0. The number of amides is 4. The highest BCUT2D eigenvalue weighted by Gasteiger charge is 2.43. The number of carbonyl (C=O) groups excluding carboxylic acids is 3. The van der Waals surface area contributed by atoms with Crippen LogP contribution >= 0.6 is 0 Å². The third-order valence-electron chi connectivity index (χ3n) is 3.95. The zero-order chi connectivity index (χ0) is 19.5. The number of nitrogens with zero attached hydrogens (tertiary/aromatic N) is 2. The summed E-state index contributed by atoms with van der Waals surface area (Å²) >= 11 is 0. The molecule has 1 heterocycles. The first kappa shape index (κ1) is 19.2. The van der Waals surface area contributed by atoms with Gasteiger partial charge in [0.15, 0.2) is 0 Å². The molecule has 26 heavy (non-hydrogen) atoms. The van der Waals surface area contributed by atoms with Crippen molar-refractivity contribution < 1.29 is 24.2 Å². The van der Waals surface area contributed by atoms with Crippen molar-refractivity contribution in [2.24, 2.45) is 5.10 Å². The standard InChI is InChI=1S/C17H22N4O5/c1-10(12-9-11(26-4)5-6-13(12)22)19-20-14(23)7-8-21-15(24)17(2,3)18-16(21)25/h5-6,9,22H,7-8H2,1-4H3,(H,18,25)(H,20,23)/b19-10+. The number of carbonyl (C=O) groups is 3. The van der Waals surface area contributed by atoms with Crippen LogP contribution in [-0.4, -0.2) is 52.8 Å². The summed E-state index contributed by atoms with van der Waals surface area (Å²) in [6, 6.07) is 4.14. The molecule has 0 saturated carbocycles. The highest BCUT2D eigenvalue weighted by Crippen LogP contribution is 2.23. The van der Waals surface area contributed by atoms with Crippen molar-refractivity contribution in [3.63, 3.8) is 0 Å². The van der Waals surface area contributed by atoms with Crippen LogP contribution in [0, 0.1) is 0 Å². The van der Waals surface area contributed by atoms with Crippen molar-refractivity contribution in [1.29, 1.82) is 0 Å². The van der Waals surface area contributed by atoms with Crippen LogP contribution in [0.3, 0.4) is 0 Å². The van der Waals surface area contributed by atoms with E-state index in [4.69, 9.17) is 4.74 Å². The fourth-order valence-electron chi connectivity index (χ4n) is 2.43. The number of aromatic hydroxyl groups is 1. The van der Waals surface area contributed by atoms with Gasteiger partial charge in [-0.3, -0.25) is 14.5 Å². The van der Waals surface area contributed by atoms with E-state index in [0.29, 0.717) is 17.0 Å². The molecule has 1 aromatic rings. The van der Waals surface area contributed by atoms with Crippen molar-refractivity contribution in [3.05, 3.63) is 23.8 Å². The Morgan fingerprint density at radius 1 is 1.38 bits per heavy atom. The van der Waals surface area contributed by atoms with Crippen molar-refractivity contribution in [2.75, 3.05) is 13.7 Å². The molecular formula is C17H22N4O5. The maximum atomic E-state index is 12.0. The number of ether oxygens (including phenoxy) is 1. The molecule has 9 heteroatoms. The van der Waals surface area contributed by atoms with Crippen molar-refractivity contribution in [3.8, 4) is 11.5 Å². The third-order valence-corrected chi connectivity index (χ3v) is 3.95. The third kappa shape index (κ3) is 4.11. The largest absolute Gasteiger partial charge is 0.507 e. The summed E-state index contributed by atoms with van der Waals surface area (Å²) < 4.78 is 5.09. The van der Waals surface area contributed by atoms with Gasteiger partial charge in [0.1, 0.15) is 17.0 Å². The molecule has 0 aromatic heterocycles. The van der Waals surface area contributed by atoms with Gasteiger partial charge in [-0.15, -0.1) is 0 Å². The van der Waals surface area contributed by atoms with Gasteiger partial charge in [0.2, 0.25) is 5.91 Å². The van der Waals surface area contributed by atoms with Crippen molar-refractivity contribution >= 4 is 23.6 Å². The SMILES string of the molecule is COc1ccc(O)c(/C(C)=N/NC(=O)CCN2C(=O)NC(C)(C)C2=O)c1. The van der Waals surface area contributed by atoms with E-state index >= 15 is 0 Å². The first-order chi connectivity index (χ1) is 12.2. The first-order valence-corrected chi connectivity index (χ1v) is 8.00. The fourth-order valence-corrected chi connectivity index (χ4v) is 2.43. The molecule has 1 aliphatic heterocycles. The van der Waals surface area contributed by atoms with Crippen LogP contribution in [0.5, 0.6) is 11.5 Å². The minimum absolute atomic E-state index is 0.00265. The van der Waals surface area contributed by atoms with E-state index in [-0.39, 0.29) is 24.6 Å². The van der Waals surface area contributed by atoms with Gasteiger partial charge in [0.05, 0.1) is 12.8 Å². The molecule has 9 nitrogen and oxygen atoms in total. The number of benzene rings is 1. The summed E-state index contributed by atoms with van der Waals surface area (Å²) in [6.07, 6.45) is -0.0872. The molecule has 0 unspecified atom stereocenters. The molecule has 1 fully saturated rings. The van der Waals surface area contributed by atoms with E-state index in [0.717, 1.165) is 4.90 Å². The molecule has 0 spiro atoms. The summed E-state index contributed by atoms with van der Waals surface area (Å²) in [7, 11) is 1.50. The second kappa shape index (κ2) is 7.42. The van der Waals surface area contributed by atoms with Gasteiger partial charge in [0.25, 0.3) is 5.91 Å². The normalized spacial score (nSPS) is 16.5. The van der Waals surface area contributed by atoms with Gasteiger partial charge in [-0.1, -0.05) is 0 Å². The zero-order valence-electron chi connectivity index (χ0n) is 15.1. The van der Waals surface area contributed by atoms with Gasteiger partial charge in [-0.2, -0.15) is 5.10 Å². The Kier molecular flexibility index (Phi) is 5.49. The Morgan fingerprint density at radius 3 is 2.65 bits per heavy atom. The lowest BCUT2D eigenvalue weighted by Crippen LogP contribution is -2.40. The molecule has 1 aromatic carbocycles. The van der Waals surface area contributed by atoms with Crippen molar-refractivity contribution in [1.82, 2.24) is 15.6 Å². The fraction of sp³-hybridized carbons (Fsp3) is 0.412. The quantitative estimate of drug-likeness (QED) is 0.395. The highest BCUT2D eigenvalue weighted by atomic mass is 16.5. The highest BCUT2D eigenvalue weighted by molar-refractivity contribution is 6.06. The van der Waals surface area contributed by atoms with Crippen LogP contribution in [0.2, 0.25) is 0 Å². The molecule has 0 aliphatic carbocycles. The summed E-state index contributed by atoms with van der Waals surface area (Å²) in [5.74, 6) is -0.295. The topological polar surface area (TPSA) is 120 Å². The Labute approximate surface area is 151 Å². The van der Waals surface area contributed by atoms with Crippen LogP contribution < -0.4 is 15.5 Å². The van der Waals surface area contributed by atoms with Crippen LogP contribution in [-0.2, 0) is 9.59 Å². The Bertz CT molecular complexity index is 772. The van der Waals surface area contributed by atoms with E-state index in [1.807, 2.05) is 0 Å². The summed E-state index contributed by atoms with van der Waals surface area (Å²) in [4.78, 5) is 36.7. The second-order valence-electron chi connectivity index (χ2n) is 6.38. The number of phenolic OH excluding ortho intramolecular Hbond substituents is 1. The minimum Gasteiger partial charge on any atom is -0.507 e. The van der Waals surface area contributed by atoms with Crippen LogP contribution in [0.4, 0.5) is 4.79 Å². The Morgan fingerprint density at radius 2 is 2.08 bits per heavy atom.